The molecule has 0 amide bonds. The molecule has 2 aromatic rings. The van der Waals surface area contributed by atoms with E-state index in [9.17, 15) is 0 Å². The largest absolute Gasteiger partial charge is 0.493 e. The molecule has 0 aliphatic heterocycles. The molecule has 1 aromatic heterocycles. The van der Waals surface area contributed by atoms with Gasteiger partial charge in [-0.1, -0.05) is 13.0 Å². The van der Waals surface area contributed by atoms with Crippen LogP contribution in [0.1, 0.15) is 24.6 Å². The minimum Gasteiger partial charge on any atom is -0.493 e. The van der Waals surface area contributed by atoms with Crippen molar-refractivity contribution in [3.8, 4) is 11.5 Å². The first-order chi connectivity index (χ1) is 9.83. The van der Waals surface area contributed by atoms with Gasteiger partial charge in [0.05, 0.1) is 18.3 Å². The van der Waals surface area contributed by atoms with Crippen LogP contribution in [0.5, 0.6) is 11.5 Å². The monoisotopic (exact) mass is 292 g/mol. The topological polar surface area (TPSA) is 43.4 Å². The summed E-state index contributed by atoms with van der Waals surface area (Å²) in [7, 11) is 1.66. The Hall–Kier alpha value is -1.59. The van der Waals surface area contributed by atoms with Gasteiger partial charge in [0.15, 0.2) is 11.5 Å². The van der Waals surface area contributed by atoms with Crippen LogP contribution in [0.3, 0.4) is 0 Å². The van der Waals surface area contributed by atoms with Gasteiger partial charge in [-0.25, -0.2) is 4.98 Å². The second kappa shape index (κ2) is 7.87. The molecule has 0 atom stereocenters. The molecule has 4 nitrogen and oxygen atoms in total. The summed E-state index contributed by atoms with van der Waals surface area (Å²) in [4.78, 5) is 4.20. The molecule has 0 aliphatic carbocycles. The van der Waals surface area contributed by atoms with E-state index in [1.807, 2.05) is 17.5 Å². The molecule has 1 heterocycles. The Morgan fingerprint density at radius 1 is 1.30 bits per heavy atom. The van der Waals surface area contributed by atoms with Crippen LogP contribution in [0.25, 0.3) is 0 Å². The quantitative estimate of drug-likeness (QED) is 0.759. The van der Waals surface area contributed by atoms with E-state index >= 15 is 0 Å². The maximum atomic E-state index is 5.75. The highest BCUT2D eigenvalue weighted by Gasteiger charge is 2.06. The number of rotatable bonds is 8. The van der Waals surface area contributed by atoms with Crippen LogP contribution >= 0.6 is 11.3 Å². The van der Waals surface area contributed by atoms with Crippen molar-refractivity contribution in [2.24, 2.45) is 0 Å². The van der Waals surface area contributed by atoms with E-state index in [2.05, 4.69) is 23.3 Å². The maximum Gasteiger partial charge on any atom is 0.161 e. The summed E-state index contributed by atoms with van der Waals surface area (Å²) in [5.74, 6) is 1.51. The first-order valence-electron chi connectivity index (χ1n) is 6.71. The van der Waals surface area contributed by atoms with E-state index in [0.717, 1.165) is 36.7 Å². The number of methoxy groups -OCH3 is 1. The molecule has 0 saturated heterocycles. The van der Waals surface area contributed by atoms with Crippen molar-refractivity contribution >= 4 is 11.3 Å². The Bertz CT molecular complexity index is 515. The second-order valence-electron chi connectivity index (χ2n) is 4.43. The maximum absolute atomic E-state index is 5.75. The fraction of sp³-hybridized carbons (Fsp3) is 0.400. The highest BCUT2D eigenvalue weighted by atomic mass is 32.1. The van der Waals surface area contributed by atoms with Crippen LogP contribution < -0.4 is 14.8 Å². The number of hydrogen-bond acceptors (Lipinski definition) is 5. The average molecular weight is 292 g/mol. The predicted molar refractivity (Wildman–Crippen MR) is 81.4 cm³/mol. The van der Waals surface area contributed by atoms with E-state index in [-0.39, 0.29) is 0 Å². The van der Waals surface area contributed by atoms with Gasteiger partial charge < -0.3 is 14.8 Å². The fourth-order valence-corrected chi connectivity index (χ4v) is 2.35. The van der Waals surface area contributed by atoms with Crippen LogP contribution in [-0.2, 0) is 13.2 Å². The summed E-state index contributed by atoms with van der Waals surface area (Å²) in [6, 6.07) is 6.02. The number of hydrogen-bond donors (Lipinski definition) is 1. The average Bonchev–Trinajstić information content (AvgIpc) is 2.99. The molecular formula is C15H20N2O2S. The smallest absolute Gasteiger partial charge is 0.161 e. The third kappa shape index (κ3) is 4.21. The van der Waals surface area contributed by atoms with Crippen molar-refractivity contribution in [1.82, 2.24) is 10.3 Å². The molecule has 0 radical (unpaired) electrons. The van der Waals surface area contributed by atoms with Gasteiger partial charge in [-0.15, -0.1) is 11.3 Å². The highest BCUT2D eigenvalue weighted by Crippen LogP contribution is 2.28. The van der Waals surface area contributed by atoms with E-state index in [4.69, 9.17) is 9.47 Å². The lowest BCUT2D eigenvalue weighted by molar-refractivity contribution is 0.281. The zero-order valence-corrected chi connectivity index (χ0v) is 12.7. The summed E-state index contributed by atoms with van der Waals surface area (Å²) in [5.41, 5.74) is 3.93. The first kappa shape index (κ1) is 14.8. The van der Waals surface area contributed by atoms with Crippen molar-refractivity contribution < 1.29 is 9.47 Å². The number of ether oxygens (including phenoxy) is 2. The number of nitrogens with zero attached hydrogens (tertiary/aromatic N) is 1. The first-order valence-corrected chi connectivity index (χ1v) is 7.65. The number of aromatic nitrogens is 1. The molecule has 2 rings (SSSR count). The molecule has 20 heavy (non-hydrogen) atoms. The summed E-state index contributed by atoms with van der Waals surface area (Å²) in [6.45, 7) is 4.48. The molecule has 0 unspecified atom stereocenters. The van der Waals surface area contributed by atoms with Gasteiger partial charge in [0, 0.05) is 11.9 Å². The number of nitrogens with one attached hydrogen (secondary N) is 1. The Balaban J connectivity index is 1.98. The second-order valence-corrected chi connectivity index (χ2v) is 5.15. The molecule has 0 fully saturated rings. The Morgan fingerprint density at radius 2 is 2.20 bits per heavy atom. The van der Waals surface area contributed by atoms with Gasteiger partial charge in [0.2, 0.25) is 0 Å². The minimum atomic E-state index is 0.466. The standard InChI is InChI=1S/C15H20N2O2S/c1-3-6-16-8-12-4-5-14(15(7-12)18-2)19-9-13-10-20-11-17-13/h4-5,7,10-11,16H,3,6,8-9H2,1-2H3. The van der Waals surface area contributed by atoms with Gasteiger partial charge in [0.25, 0.3) is 0 Å². The van der Waals surface area contributed by atoms with Gasteiger partial charge in [0.1, 0.15) is 6.61 Å². The lowest BCUT2D eigenvalue weighted by Crippen LogP contribution is -2.13. The molecule has 108 valence electrons. The summed E-state index contributed by atoms with van der Waals surface area (Å²) in [5, 5.41) is 5.35. The number of benzene rings is 1. The number of thiazole rings is 1. The van der Waals surface area contributed by atoms with Crippen LogP contribution in [0.4, 0.5) is 0 Å². The van der Waals surface area contributed by atoms with E-state index in [1.54, 1.807) is 24.0 Å². The fourth-order valence-electron chi connectivity index (χ4n) is 1.81. The predicted octanol–water partition coefficient (Wildman–Crippen LogP) is 3.23. The van der Waals surface area contributed by atoms with Gasteiger partial charge in [-0.05, 0) is 30.7 Å². The Morgan fingerprint density at radius 3 is 2.90 bits per heavy atom. The van der Waals surface area contributed by atoms with E-state index in [1.165, 1.54) is 5.56 Å². The zero-order valence-electron chi connectivity index (χ0n) is 11.9. The van der Waals surface area contributed by atoms with Crippen LogP contribution in [0.2, 0.25) is 0 Å². The molecule has 0 spiro atoms. The Kier molecular flexibility index (Phi) is 5.83. The molecule has 1 N–H and O–H groups in total. The minimum absolute atomic E-state index is 0.466. The summed E-state index contributed by atoms with van der Waals surface area (Å²) < 4.78 is 11.1. The summed E-state index contributed by atoms with van der Waals surface area (Å²) in [6.07, 6.45) is 1.13. The molecular weight excluding hydrogens is 272 g/mol. The van der Waals surface area contributed by atoms with Crippen molar-refractivity contribution in [2.75, 3.05) is 13.7 Å². The highest BCUT2D eigenvalue weighted by molar-refractivity contribution is 7.07. The third-order valence-corrected chi connectivity index (χ3v) is 3.48. The van der Waals surface area contributed by atoms with Gasteiger partial charge >= 0.3 is 0 Å². The lowest BCUT2D eigenvalue weighted by Gasteiger charge is -2.12. The van der Waals surface area contributed by atoms with Crippen LogP contribution in [0, 0.1) is 0 Å². The van der Waals surface area contributed by atoms with Crippen molar-refractivity contribution in [1.29, 1.82) is 0 Å². The third-order valence-electron chi connectivity index (χ3n) is 2.84. The van der Waals surface area contributed by atoms with Gasteiger partial charge in [-0.3, -0.25) is 0 Å². The molecule has 0 saturated carbocycles. The zero-order chi connectivity index (χ0) is 14.2. The van der Waals surface area contributed by atoms with Crippen molar-refractivity contribution in [3.63, 3.8) is 0 Å². The van der Waals surface area contributed by atoms with E-state index in [0.29, 0.717) is 6.61 Å². The van der Waals surface area contributed by atoms with Crippen LogP contribution in [0.15, 0.2) is 29.1 Å². The molecule has 5 heteroatoms. The SMILES string of the molecule is CCCNCc1ccc(OCc2cscn2)c(OC)c1. The lowest BCUT2D eigenvalue weighted by atomic mass is 10.2. The summed E-state index contributed by atoms with van der Waals surface area (Å²) >= 11 is 1.57. The Labute approximate surface area is 123 Å². The molecule has 0 bridgehead atoms. The van der Waals surface area contributed by atoms with E-state index < -0.39 is 0 Å². The van der Waals surface area contributed by atoms with Crippen LogP contribution in [-0.4, -0.2) is 18.6 Å². The van der Waals surface area contributed by atoms with Crippen molar-refractivity contribution in [3.05, 3.63) is 40.3 Å². The normalized spacial score (nSPS) is 10.5. The molecule has 0 aliphatic rings. The van der Waals surface area contributed by atoms with Gasteiger partial charge in [-0.2, -0.15) is 0 Å². The molecule has 1 aromatic carbocycles. The van der Waals surface area contributed by atoms with Crippen molar-refractivity contribution in [2.45, 2.75) is 26.5 Å².